The molecule has 0 aromatic heterocycles. The zero-order valence-electron chi connectivity index (χ0n) is 9.65. The summed E-state index contributed by atoms with van der Waals surface area (Å²) in [5.41, 5.74) is -0.293. The summed E-state index contributed by atoms with van der Waals surface area (Å²) in [5.74, 6) is 0.556. The van der Waals surface area contributed by atoms with Crippen LogP contribution in [0.25, 0.3) is 0 Å². The maximum atomic E-state index is 11.2. The van der Waals surface area contributed by atoms with Crippen molar-refractivity contribution in [2.45, 2.75) is 31.2 Å². The first kappa shape index (κ1) is 11.7. The monoisotopic (exact) mass is 229 g/mol. The number of ether oxygens (including phenoxy) is 2. The zero-order valence-corrected chi connectivity index (χ0v) is 9.65. The van der Waals surface area contributed by atoms with E-state index in [0.29, 0.717) is 19.1 Å². The second kappa shape index (κ2) is 4.59. The van der Waals surface area contributed by atoms with Crippen LogP contribution in [0.5, 0.6) is 0 Å². The van der Waals surface area contributed by atoms with Crippen molar-refractivity contribution in [1.29, 1.82) is 0 Å². The maximum Gasteiger partial charge on any atom is 0.407 e. The standard InChI is InChI=1S/C11H19NO4/c1-15-8-16-7-11-4-2-9(3-5-11)6-12(11)10(13)14/h9H,2-8H2,1H3,(H,13,14). The molecule has 5 heteroatoms. The smallest absolute Gasteiger partial charge is 0.407 e. The Morgan fingerprint density at radius 3 is 2.75 bits per heavy atom. The van der Waals surface area contributed by atoms with Gasteiger partial charge >= 0.3 is 6.09 Å². The average molecular weight is 229 g/mol. The van der Waals surface area contributed by atoms with Gasteiger partial charge in [0.2, 0.25) is 0 Å². The fraction of sp³-hybridized carbons (Fsp3) is 0.909. The molecule has 0 spiro atoms. The molecule has 2 aliphatic heterocycles. The van der Waals surface area contributed by atoms with Gasteiger partial charge < -0.3 is 19.5 Å². The van der Waals surface area contributed by atoms with Crippen LogP contribution in [0, 0.1) is 5.92 Å². The highest BCUT2D eigenvalue weighted by molar-refractivity contribution is 5.66. The molecule has 92 valence electrons. The molecule has 3 fully saturated rings. The number of carboxylic acid groups (broad SMARTS) is 1. The van der Waals surface area contributed by atoms with E-state index in [1.165, 1.54) is 0 Å². The van der Waals surface area contributed by atoms with Gasteiger partial charge in [-0.1, -0.05) is 0 Å². The summed E-state index contributed by atoms with van der Waals surface area (Å²) < 4.78 is 10.2. The van der Waals surface area contributed by atoms with Crippen molar-refractivity contribution >= 4 is 6.09 Å². The molecule has 0 atom stereocenters. The number of nitrogens with zero attached hydrogens (tertiary/aromatic N) is 1. The molecule has 2 saturated heterocycles. The average Bonchev–Trinajstić information content (AvgIpc) is 2.30. The predicted molar refractivity (Wildman–Crippen MR) is 57.2 cm³/mol. The van der Waals surface area contributed by atoms with E-state index in [1.807, 2.05) is 0 Å². The van der Waals surface area contributed by atoms with Gasteiger partial charge in [0, 0.05) is 13.7 Å². The van der Waals surface area contributed by atoms with Gasteiger partial charge in [-0.15, -0.1) is 0 Å². The van der Waals surface area contributed by atoms with E-state index in [9.17, 15) is 9.90 Å². The van der Waals surface area contributed by atoms with Crippen LogP contribution in [-0.4, -0.2) is 48.7 Å². The largest absolute Gasteiger partial charge is 0.465 e. The van der Waals surface area contributed by atoms with E-state index >= 15 is 0 Å². The normalized spacial score (nSPS) is 33.1. The van der Waals surface area contributed by atoms with Crippen molar-refractivity contribution in [3.05, 3.63) is 0 Å². The SMILES string of the molecule is COCOCC12CCC(CC1)CN2C(=O)O. The van der Waals surface area contributed by atoms with Crippen LogP contribution in [0.3, 0.4) is 0 Å². The first-order valence-electron chi connectivity index (χ1n) is 5.75. The lowest BCUT2D eigenvalue weighted by molar-refractivity contribution is -0.108. The quantitative estimate of drug-likeness (QED) is 0.586. The van der Waals surface area contributed by atoms with Crippen LogP contribution in [0.4, 0.5) is 4.79 Å². The molecule has 1 aliphatic carbocycles. The Morgan fingerprint density at radius 1 is 1.50 bits per heavy atom. The number of hydrogen-bond acceptors (Lipinski definition) is 3. The molecule has 3 rings (SSSR count). The van der Waals surface area contributed by atoms with Crippen LogP contribution in [0.15, 0.2) is 0 Å². The highest BCUT2D eigenvalue weighted by Gasteiger charge is 2.48. The minimum Gasteiger partial charge on any atom is -0.465 e. The van der Waals surface area contributed by atoms with Gasteiger partial charge in [-0.2, -0.15) is 0 Å². The minimum atomic E-state index is -0.814. The molecule has 0 radical (unpaired) electrons. The predicted octanol–water partition coefficient (Wildman–Crippen LogP) is 1.53. The summed E-state index contributed by atoms with van der Waals surface area (Å²) in [4.78, 5) is 12.8. The molecular formula is C11H19NO4. The van der Waals surface area contributed by atoms with E-state index in [2.05, 4.69) is 0 Å². The molecule has 2 bridgehead atoms. The third-order valence-corrected chi connectivity index (χ3v) is 3.85. The topological polar surface area (TPSA) is 59.0 Å². The number of fused-ring (bicyclic) bond motifs is 3. The zero-order chi connectivity index (χ0) is 11.6. The lowest BCUT2D eigenvalue weighted by Crippen LogP contribution is -2.62. The summed E-state index contributed by atoms with van der Waals surface area (Å²) in [7, 11) is 1.57. The summed E-state index contributed by atoms with van der Waals surface area (Å²) in [6.07, 6.45) is 3.28. The van der Waals surface area contributed by atoms with Crippen molar-refractivity contribution in [3.8, 4) is 0 Å². The first-order valence-corrected chi connectivity index (χ1v) is 5.75. The van der Waals surface area contributed by atoms with Crippen LogP contribution in [0.2, 0.25) is 0 Å². The highest BCUT2D eigenvalue weighted by Crippen LogP contribution is 2.43. The molecule has 1 saturated carbocycles. The molecule has 0 aromatic rings. The van der Waals surface area contributed by atoms with Gasteiger partial charge in [0.05, 0.1) is 12.1 Å². The molecule has 1 N–H and O–H groups in total. The molecular weight excluding hydrogens is 210 g/mol. The van der Waals surface area contributed by atoms with Gasteiger partial charge in [-0.25, -0.2) is 4.79 Å². The fourth-order valence-corrected chi connectivity index (χ4v) is 2.94. The van der Waals surface area contributed by atoms with Crippen molar-refractivity contribution in [3.63, 3.8) is 0 Å². The Morgan fingerprint density at radius 2 is 2.19 bits per heavy atom. The molecule has 0 unspecified atom stereocenters. The summed E-state index contributed by atoms with van der Waals surface area (Å²) in [6.45, 7) is 1.37. The minimum absolute atomic E-state index is 0.235. The maximum absolute atomic E-state index is 11.2. The Balaban J connectivity index is 2.03. The highest BCUT2D eigenvalue weighted by atomic mass is 16.7. The summed E-state index contributed by atoms with van der Waals surface area (Å²) in [5, 5.41) is 9.22. The van der Waals surface area contributed by atoms with Crippen LogP contribution >= 0.6 is 0 Å². The fourth-order valence-electron chi connectivity index (χ4n) is 2.94. The van der Waals surface area contributed by atoms with E-state index in [-0.39, 0.29) is 12.3 Å². The van der Waals surface area contributed by atoms with Crippen molar-refractivity contribution in [2.75, 3.05) is 27.1 Å². The van der Waals surface area contributed by atoms with Gasteiger partial charge in [0.15, 0.2) is 0 Å². The van der Waals surface area contributed by atoms with Crippen LogP contribution in [-0.2, 0) is 9.47 Å². The van der Waals surface area contributed by atoms with E-state index in [1.54, 1.807) is 12.0 Å². The number of amides is 1. The van der Waals surface area contributed by atoms with Crippen molar-refractivity contribution in [2.24, 2.45) is 5.92 Å². The van der Waals surface area contributed by atoms with Crippen LogP contribution in [0.1, 0.15) is 25.7 Å². The molecule has 0 aromatic carbocycles. The van der Waals surface area contributed by atoms with Crippen molar-refractivity contribution < 1.29 is 19.4 Å². The molecule has 1 amide bonds. The molecule has 2 heterocycles. The Kier molecular flexibility index (Phi) is 3.35. The summed E-state index contributed by atoms with van der Waals surface area (Å²) >= 11 is 0. The van der Waals surface area contributed by atoms with Gasteiger partial charge in [-0.3, -0.25) is 0 Å². The van der Waals surface area contributed by atoms with Gasteiger partial charge in [0.25, 0.3) is 0 Å². The van der Waals surface area contributed by atoms with E-state index in [0.717, 1.165) is 25.7 Å². The van der Waals surface area contributed by atoms with Crippen LogP contribution < -0.4 is 0 Å². The van der Waals surface area contributed by atoms with E-state index < -0.39 is 6.09 Å². The number of methoxy groups -OCH3 is 1. The Labute approximate surface area is 95.3 Å². The second-order valence-corrected chi connectivity index (χ2v) is 4.82. The molecule has 5 nitrogen and oxygen atoms in total. The number of hydrogen-bond donors (Lipinski definition) is 1. The Hall–Kier alpha value is -0.810. The number of rotatable bonds is 4. The number of carbonyl (C=O) groups is 1. The lowest BCUT2D eigenvalue weighted by atomic mass is 9.71. The lowest BCUT2D eigenvalue weighted by Gasteiger charge is -2.53. The number of piperidine rings is 2. The summed E-state index contributed by atoms with van der Waals surface area (Å²) in [6, 6.07) is 0. The molecule has 3 aliphatic rings. The van der Waals surface area contributed by atoms with Crippen molar-refractivity contribution in [1.82, 2.24) is 4.90 Å². The van der Waals surface area contributed by atoms with Gasteiger partial charge in [-0.05, 0) is 31.6 Å². The Bertz CT molecular complexity index is 261. The van der Waals surface area contributed by atoms with E-state index in [4.69, 9.17) is 9.47 Å². The third-order valence-electron chi connectivity index (χ3n) is 3.85. The van der Waals surface area contributed by atoms with Gasteiger partial charge in [0.1, 0.15) is 6.79 Å². The molecule has 16 heavy (non-hydrogen) atoms. The second-order valence-electron chi connectivity index (χ2n) is 4.82. The third kappa shape index (κ3) is 2.01. The first-order chi connectivity index (χ1) is 7.68.